The molecule has 0 bridgehead atoms. The number of hydrogen-bond acceptors (Lipinski definition) is 2. The van der Waals surface area contributed by atoms with Gasteiger partial charge in [-0.15, -0.1) is 0 Å². The van der Waals surface area contributed by atoms with E-state index < -0.39 is 0 Å². The molecule has 0 spiro atoms. The van der Waals surface area contributed by atoms with Crippen LogP contribution < -0.4 is 10.6 Å². The Balaban J connectivity index is 1.87. The van der Waals surface area contributed by atoms with Crippen LogP contribution in [0.25, 0.3) is 0 Å². The molecule has 0 aromatic heterocycles. The standard InChI is InChI=1S/C18H20N2/c19-13-10-11-16-15-8-4-5-9-17(15)20(18(16)12-13)14-6-2-1-3-7-14/h1-3,6-7,10-12,15,17H,4-5,8-9,19H2. The molecule has 4 rings (SSSR count). The van der Waals surface area contributed by atoms with Crippen LogP contribution in [0.5, 0.6) is 0 Å². The maximum Gasteiger partial charge on any atom is 0.0470 e. The molecule has 2 unspecified atom stereocenters. The first-order valence-electron chi connectivity index (χ1n) is 7.58. The van der Waals surface area contributed by atoms with Crippen molar-refractivity contribution < 1.29 is 0 Å². The fraction of sp³-hybridized carbons (Fsp3) is 0.333. The van der Waals surface area contributed by atoms with E-state index in [1.165, 1.54) is 42.6 Å². The number of nitrogen functional groups attached to an aromatic ring is 1. The lowest BCUT2D eigenvalue weighted by molar-refractivity contribution is 0.402. The van der Waals surface area contributed by atoms with Crippen LogP contribution >= 0.6 is 0 Å². The summed E-state index contributed by atoms with van der Waals surface area (Å²) in [4.78, 5) is 2.52. The van der Waals surface area contributed by atoms with Crippen molar-refractivity contribution in [3.63, 3.8) is 0 Å². The fourth-order valence-electron chi connectivity index (χ4n) is 3.96. The van der Waals surface area contributed by atoms with Crippen LogP contribution in [0, 0.1) is 0 Å². The molecule has 2 atom stereocenters. The Kier molecular flexibility index (Phi) is 2.69. The van der Waals surface area contributed by atoms with Crippen molar-refractivity contribution in [3.05, 3.63) is 54.1 Å². The molecule has 2 aromatic carbocycles. The van der Waals surface area contributed by atoms with Crippen molar-refractivity contribution in [3.8, 4) is 0 Å². The minimum Gasteiger partial charge on any atom is -0.399 e. The van der Waals surface area contributed by atoms with E-state index in [1.54, 1.807) is 0 Å². The van der Waals surface area contributed by atoms with Crippen LogP contribution in [0.1, 0.15) is 37.2 Å². The van der Waals surface area contributed by atoms with E-state index in [0.717, 1.165) is 5.69 Å². The predicted octanol–water partition coefficient (Wildman–Crippen LogP) is 4.45. The molecule has 0 amide bonds. The third kappa shape index (κ3) is 1.71. The Bertz CT molecular complexity index is 621. The van der Waals surface area contributed by atoms with E-state index in [-0.39, 0.29) is 0 Å². The van der Waals surface area contributed by atoms with Crippen LogP contribution in [0.2, 0.25) is 0 Å². The minimum absolute atomic E-state index is 0.614. The van der Waals surface area contributed by atoms with Gasteiger partial charge in [0.25, 0.3) is 0 Å². The van der Waals surface area contributed by atoms with Gasteiger partial charge in [-0.1, -0.05) is 37.1 Å². The van der Waals surface area contributed by atoms with Crippen molar-refractivity contribution in [1.29, 1.82) is 0 Å². The smallest absolute Gasteiger partial charge is 0.0470 e. The molecule has 102 valence electrons. The summed E-state index contributed by atoms with van der Waals surface area (Å²) in [5, 5.41) is 0. The number of anilines is 3. The topological polar surface area (TPSA) is 29.3 Å². The molecule has 1 aliphatic heterocycles. The first kappa shape index (κ1) is 11.8. The summed E-state index contributed by atoms with van der Waals surface area (Å²) in [7, 11) is 0. The van der Waals surface area contributed by atoms with Crippen molar-refractivity contribution in [2.45, 2.75) is 37.6 Å². The molecule has 2 aliphatic rings. The molecule has 1 saturated carbocycles. The van der Waals surface area contributed by atoms with Gasteiger partial charge in [-0.2, -0.15) is 0 Å². The number of hydrogen-bond donors (Lipinski definition) is 1. The number of nitrogens with two attached hydrogens (primary N) is 1. The highest BCUT2D eigenvalue weighted by atomic mass is 15.2. The monoisotopic (exact) mass is 264 g/mol. The lowest BCUT2D eigenvalue weighted by Crippen LogP contribution is -2.32. The second-order valence-electron chi connectivity index (χ2n) is 5.98. The maximum atomic E-state index is 6.03. The Labute approximate surface area is 120 Å². The minimum atomic E-state index is 0.614. The average molecular weight is 264 g/mol. The number of para-hydroxylation sites is 1. The molecule has 1 fully saturated rings. The van der Waals surface area contributed by atoms with Gasteiger partial charge >= 0.3 is 0 Å². The zero-order valence-corrected chi connectivity index (χ0v) is 11.6. The largest absolute Gasteiger partial charge is 0.399 e. The number of benzene rings is 2. The van der Waals surface area contributed by atoms with E-state index in [4.69, 9.17) is 5.73 Å². The summed E-state index contributed by atoms with van der Waals surface area (Å²) in [6.45, 7) is 0. The molecular weight excluding hydrogens is 244 g/mol. The Morgan fingerprint density at radius 1 is 0.950 bits per heavy atom. The van der Waals surface area contributed by atoms with Crippen LogP contribution in [0.3, 0.4) is 0 Å². The van der Waals surface area contributed by atoms with Gasteiger partial charge in [-0.3, -0.25) is 0 Å². The third-order valence-corrected chi connectivity index (χ3v) is 4.81. The quantitative estimate of drug-likeness (QED) is 0.771. The molecule has 2 heteroatoms. The normalized spacial score (nSPS) is 24.3. The molecule has 2 nitrogen and oxygen atoms in total. The zero-order chi connectivity index (χ0) is 13.5. The van der Waals surface area contributed by atoms with Gasteiger partial charge < -0.3 is 10.6 Å². The molecule has 2 aromatic rings. The highest BCUT2D eigenvalue weighted by Crippen LogP contribution is 2.51. The Hall–Kier alpha value is -1.96. The molecule has 20 heavy (non-hydrogen) atoms. The number of rotatable bonds is 1. The summed E-state index contributed by atoms with van der Waals surface area (Å²) < 4.78 is 0. The molecule has 2 N–H and O–H groups in total. The molecule has 1 aliphatic carbocycles. The van der Waals surface area contributed by atoms with Crippen LogP contribution in [-0.2, 0) is 0 Å². The molecular formula is C18H20N2. The SMILES string of the molecule is Nc1ccc2c(c1)N(c1ccccc1)C1CCCCC21. The lowest BCUT2D eigenvalue weighted by atomic mass is 9.82. The average Bonchev–Trinajstić information content (AvgIpc) is 2.81. The van der Waals surface area contributed by atoms with Gasteiger partial charge in [0.2, 0.25) is 0 Å². The summed E-state index contributed by atoms with van der Waals surface area (Å²) in [6.07, 6.45) is 5.29. The van der Waals surface area contributed by atoms with Crippen molar-refractivity contribution in [2.75, 3.05) is 10.6 Å². The first-order chi connectivity index (χ1) is 9.84. The predicted molar refractivity (Wildman–Crippen MR) is 84.4 cm³/mol. The molecule has 0 saturated heterocycles. The second-order valence-corrected chi connectivity index (χ2v) is 5.98. The molecule has 1 heterocycles. The third-order valence-electron chi connectivity index (χ3n) is 4.81. The van der Waals surface area contributed by atoms with Gasteiger partial charge in [0.15, 0.2) is 0 Å². The van der Waals surface area contributed by atoms with E-state index >= 15 is 0 Å². The van der Waals surface area contributed by atoms with Crippen LogP contribution in [-0.4, -0.2) is 6.04 Å². The van der Waals surface area contributed by atoms with Crippen LogP contribution in [0.4, 0.5) is 17.1 Å². The first-order valence-corrected chi connectivity index (χ1v) is 7.58. The lowest BCUT2D eigenvalue weighted by Gasteiger charge is -2.33. The Morgan fingerprint density at radius 3 is 2.60 bits per heavy atom. The maximum absolute atomic E-state index is 6.03. The van der Waals surface area contributed by atoms with Gasteiger partial charge in [-0.25, -0.2) is 0 Å². The van der Waals surface area contributed by atoms with Crippen molar-refractivity contribution in [2.24, 2.45) is 0 Å². The van der Waals surface area contributed by atoms with Crippen LogP contribution in [0.15, 0.2) is 48.5 Å². The summed E-state index contributed by atoms with van der Waals surface area (Å²) >= 11 is 0. The zero-order valence-electron chi connectivity index (χ0n) is 11.6. The van der Waals surface area contributed by atoms with Gasteiger partial charge in [0, 0.05) is 29.0 Å². The van der Waals surface area contributed by atoms with E-state index in [0.29, 0.717) is 12.0 Å². The Morgan fingerprint density at radius 2 is 1.75 bits per heavy atom. The van der Waals surface area contributed by atoms with Gasteiger partial charge in [0.1, 0.15) is 0 Å². The summed E-state index contributed by atoms with van der Waals surface area (Å²) in [6, 6.07) is 17.8. The summed E-state index contributed by atoms with van der Waals surface area (Å²) in [5.74, 6) is 0.680. The summed E-state index contributed by atoms with van der Waals surface area (Å²) in [5.41, 5.74) is 11.0. The van der Waals surface area contributed by atoms with Crippen molar-refractivity contribution in [1.82, 2.24) is 0 Å². The van der Waals surface area contributed by atoms with Gasteiger partial charge in [0.05, 0.1) is 0 Å². The molecule has 0 radical (unpaired) electrons. The van der Waals surface area contributed by atoms with E-state index in [9.17, 15) is 0 Å². The number of fused-ring (bicyclic) bond motifs is 3. The van der Waals surface area contributed by atoms with E-state index in [1.807, 2.05) is 0 Å². The highest BCUT2D eigenvalue weighted by molar-refractivity contribution is 5.75. The number of nitrogens with zero attached hydrogens (tertiary/aromatic N) is 1. The van der Waals surface area contributed by atoms with Crippen molar-refractivity contribution >= 4 is 17.1 Å². The van der Waals surface area contributed by atoms with Gasteiger partial charge in [-0.05, 0) is 42.7 Å². The second kappa shape index (κ2) is 4.55. The van der Waals surface area contributed by atoms with E-state index in [2.05, 4.69) is 53.4 Å². The fourth-order valence-corrected chi connectivity index (χ4v) is 3.96. The highest BCUT2D eigenvalue weighted by Gasteiger charge is 2.40.